The zero-order chi connectivity index (χ0) is 18.3. The normalized spacial score (nSPS) is 20.9. The number of aromatic nitrogens is 1. The molecule has 148 valence electrons. The fraction of sp³-hybridized carbons (Fsp3) is 0.684. The summed E-state index contributed by atoms with van der Waals surface area (Å²) in [5, 5.41) is 6.75. The molecule has 0 aromatic carbocycles. The topological polar surface area (TPSA) is 67.8 Å². The fourth-order valence-electron chi connectivity index (χ4n) is 3.30. The maximum Gasteiger partial charge on any atom is 0.213 e. The summed E-state index contributed by atoms with van der Waals surface area (Å²) in [7, 11) is 3.41. The number of ether oxygens (including phenoxy) is 2. The minimum atomic E-state index is 0. The number of aliphatic imine (C=N–C) groups is 1. The average molecular weight is 476 g/mol. The lowest BCUT2D eigenvalue weighted by molar-refractivity contribution is -0.0835. The van der Waals surface area contributed by atoms with E-state index < -0.39 is 0 Å². The molecule has 7 heteroatoms. The highest BCUT2D eigenvalue weighted by Crippen LogP contribution is 2.33. The number of halogens is 1. The summed E-state index contributed by atoms with van der Waals surface area (Å²) in [6, 6.07) is 5.74. The number of rotatable bonds is 5. The summed E-state index contributed by atoms with van der Waals surface area (Å²) in [6.07, 6.45) is 2.58. The molecule has 0 spiro atoms. The van der Waals surface area contributed by atoms with Gasteiger partial charge in [-0.25, -0.2) is 4.98 Å². The van der Waals surface area contributed by atoms with Gasteiger partial charge in [-0.15, -0.1) is 24.0 Å². The van der Waals surface area contributed by atoms with E-state index in [-0.39, 0.29) is 35.5 Å². The van der Waals surface area contributed by atoms with Gasteiger partial charge in [0.15, 0.2) is 5.96 Å². The van der Waals surface area contributed by atoms with Gasteiger partial charge < -0.3 is 20.1 Å². The third-order valence-electron chi connectivity index (χ3n) is 4.48. The van der Waals surface area contributed by atoms with E-state index in [1.54, 1.807) is 14.2 Å². The van der Waals surface area contributed by atoms with Crippen molar-refractivity contribution in [3.05, 3.63) is 23.9 Å². The van der Waals surface area contributed by atoms with Gasteiger partial charge in [0.1, 0.15) is 0 Å². The predicted molar refractivity (Wildman–Crippen MR) is 116 cm³/mol. The number of nitrogens with zero attached hydrogens (tertiary/aromatic N) is 2. The van der Waals surface area contributed by atoms with E-state index in [2.05, 4.69) is 41.4 Å². The van der Waals surface area contributed by atoms with Crippen molar-refractivity contribution in [3.8, 4) is 5.88 Å². The highest BCUT2D eigenvalue weighted by molar-refractivity contribution is 14.0. The fourth-order valence-corrected chi connectivity index (χ4v) is 3.30. The lowest BCUT2D eigenvalue weighted by atomic mass is 9.78. The van der Waals surface area contributed by atoms with Crippen LogP contribution in [0.15, 0.2) is 23.2 Å². The molecule has 0 saturated carbocycles. The van der Waals surface area contributed by atoms with Crippen molar-refractivity contribution in [2.75, 3.05) is 27.3 Å². The van der Waals surface area contributed by atoms with E-state index in [4.69, 9.17) is 9.47 Å². The van der Waals surface area contributed by atoms with Crippen molar-refractivity contribution in [1.82, 2.24) is 15.6 Å². The van der Waals surface area contributed by atoms with E-state index in [0.29, 0.717) is 18.3 Å². The molecule has 2 rings (SSSR count). The van der Waals surface area contributed by atoms with E-state index >= 15 is 0 Å². The van der Waals surface area contributed by atoms with Gasteiger partial charge >= 0.3 is 0 Å². The van der Waals surface area contributed by atoms with Gasteiger partial charge in [0.2, 0.25) is 5.88 Å². The van der Waals surface area contributed by atoms with Crippen LogP contribution in [0.25, 0.3) is 0 Å². The zero-order valence-corrected chi connectivity index (χ0v) is 18.9. The first-order valence-corrected chi connectivity index (χ1v) is 9.00. The quantitative estimate of drug-likeness (QED) is 0.388. The first kappa shape index (κ1) is 23.0. The maximum atomic E-state index is 6.05. The van der Waals surface area contributed by atoms with E-state index in [9.17, 15) is 0 Å². The van der Waals surface area contributed by atoms with Crippen LogP contribution in [0.2, 0.25) is 0 Å². The molecular formula is C19H33IN4O2. The van der Waals surface area contributed by atoms with Crippen molar-refractivity contribution >= 4 is 29.9 Å². The Labute approximate surface area is 174 Å². The van der Waals surface area contributed by atoms with Crippen LogP contribution in [0.3, 0.4) is 0 Å². The Morgan fingerprint density at radius 3 is 2.77 bits per heavy atom. The maximum absolute atomic E-state index is 6.05. The summed E-state index contributed by atoms with van der Waals surface area (Å²) in [4.78, 5) is 8.72. The Bertz CT molecular complexity index is 575. The molecule has 0 bridgehead atoms. The Morgan fingerprint density at radius 1 is 1.35 bits per heavy atom. The van der Waals surface area contributed by atoms with Crippen LogP contribution < -0.4 is 15.4 Å². The molecule has 0 aliphatic carbocycles. The monoisotopic (exact) mass is 476 g/mol. The highest BCUT2D eigenvalue weighted by Gasteiger charge is 2.35. The molecule has 1 aromatic rings. The second-order valence-electron chi connectivity index (χ2n) is 7.54. The third-order valence-corrected chi connectivity index (χ3v) is 4.48. The summed E-state index contributed by atoms with van der Waals surface area (Å²) < 4.78 is 11.2. The van der Waals surface area contributed by atoms with Gasteiger partial charge in [0.25, 0.3) is 0 Å². The molecule has 1 saturated heterocycles. The first-order chi connectivity index (χ1) is 11.9. The van der Waals surface area contributed by atoms with Gasteiger partial charge in [-0.05, 0) is 24.3 Å². The first-order valence-electron chi connectivity index (χ1n) is 9.00. The Hall–Kier alpha value is -1.09. The Kier molecular flexibility index (Phi) is 9.63. The minimum absolute atomic E-state index is 0. The molecule has 2 heterocycles. The summed E-state index contributed by atoms with van der Waals surface area (Å²) in [5.41, 5.74) is 1.06. The number of hydrogen-bond donors (Lipinski definition) is 2. The second-order valence-corrected chi connectivity index (χ2v) is 7.54. The standard InChI is InChI=1S/C19H32N4O2.HI/c1-19(2,3)17-14(8-7-11-25-17)12-21-18(20-4)22-13-15-9-6-10-16(23-15)24-5;/h6,9-10,14,17H,7-8,11-13H2,1-5H3,(H2,20,21,22);1H. The molecule has 1 fully saturated rings. The molecule has 1 aliphatic rings. The molecule has 2 N–H and O–H groups in total. The number of methoxy groups -OCH3 is 1. The van der Waals surface area contributed by atoms with Gasteiger partial charge in [-0.1, -0.05) is 26.8 Å². The molecule has 26 heavy (non-hydrogen) atoms. The van der Waals surface area contributed by atoms with Gasteiger partial charge in [0.05, 0.1) is 25.5 Å². The summed E-state index contributed by atoms with van der Waals surface area (Å²) in [6.45, 7) is 9.06. The minimum Gasteiger partial charge on any atom is -0.481 e. The second kappa shape index (κ2) is 10.9. The zero-order valence-electron chi connectivity index (χ0n) is 16.5. The number of pyridine rings is 1. The number of guanidine groups is 1. The average Bonchev–Trinajstić information content (AvgIpc) is 2.61. The van der Waals surface area contributed by atoms with Gasteiger partial charge in [-0.3, -0.25) is 4.99 Å². The van der Waals surface area contributed by atoms with E-state index in [1.807, 2.05) is 18.2 Å². The van der Waals surface area contributed by atoms with Crippen molar-refractivity contribution in [2.45, 2.75) is 46.3 Å². The Morgan fingerprint density at radius 2 is 2.12 bits per heavy atom. The largest absolute Gasteiger partial charge is 0.481 e. The van der Waals surface area contributed by atoms with E-state index in [0.717, 1.165) is 31.2 Å². The molecule has 0 radical (unpaired) electrons. The summed E-state index contributed by atoms with van der Waals surface area (Å²) in [5.74, 6) is 1.89. The smallest absolute Gasteiger partial charge is 0.213 e. The third kappa shape index (κ3) is 6.90. The molecular weight excluding hydrogens is 443 g/mol. The predicted octanol–water partition coefficient (Wildman–Crippen LogP) is 3.21. The van der Waals surface area contributed by atoms with E-state index in [1.165, 1.54) is 6.42 Å². The molecule has 2 atom stereocenters. The SMILES string of the molecule is CN=C(NCc1cccc(OC)n1)NCC1CCCOC1C(C)(C)C.I. The molecule has 1 aliphatic heterocycles. The van der Waals surface area contributed by atoms with Crippen LogP contribution in [-0.4, -0.2) is 44.4 Å². The highest BCUT2D eigenvalue weighted by atomic mass is 127. The van der Waals surface area contributed by atoms with Crippen molar-refractivity contribution in [2.24, 2.45) is 16.3 Å². The number of hydrogen-bond acceptors (Lipinski definition) is 4. The van der Waals surface area contributed by atoms with Crippen molar-refractivity contribution < 1.29 is 9.47 Å². The molecule has 0 amide bonds. The molecule has 2 unspecified atom stereocenters. The number of nitrogens with one attached hydrogen (secondary N) is 2. The molecule has 1 aromatic heterocycles. The van der Waals surface area contributed by atoms with Crippen LogP contribution in [0.1, 0.15) is 39.3 Å². The lowest BCUT2D eigenvalue weighted by Gasteiger charge is -2.40. The lowest BCUT2D eigenvalue weighted by Crippen LogP contribution is -2.47. The van der Waals surface area contributed by atoms with Crippen molar-refractivity contribution in [3.63, 3.8) is 0 Å². The molecule has 6 nitrogen and oxygen atoms in total. The van der Waals surface area contributed by atoms with Gasteiger partial charge in [-0.2, -0.15) is 0 Å². The van der Waals surface area contributed by atoms with Crippen LogP contribution in [-0.2, 0) is 11.3 Å². The Balaban J connectivity index is 0.00000338. The van der Waals surface area contributed by atoms with Crippen molar-refractivity contribution in [1.29, 1.82) is 0 Å². The summed E-state index contributed by atoms with van der Waals surface area (Å²) >= 11 is 0. The van der Waals surface area contributed by atoms with Crippen LogP contribution >= 0.6 is 24.0 Å². The van der Waals surface area contributed by atoms with Crippen LogP contribution in [0.4, 0.5) is 0 Å². The van der Waals surface area contributed by atoms with Crippen LogP contribution in [0.5, 0.6) is 5.88 Å². The van der Waals surface area contributed by atoms with Gasteiger partial charge in [0, 0.05) is 32.2 Å². The van der Waals surface area contributed by atoms with Crippen LogP contribution in [0, 0.1) is 11.3 Å².